The quantitative estimate of drug-likeness (QED) is 0.798. The van der Waals surface area contributed by atoms with Gasteiger partial charge in [0.25, 0.3) is 0 Å². The predicted molar refractivity (Wildman–Crippen MR) is 87.9 cm³/mol. The molecule has 2 aromatic rings. The van der Waals surface area contributed by atoms with Crippen LogP contribution >= 0.6 is 0 Å². The van der Waals surface area contributed by atoms with E-state index in [-0.39, 0.29) is 0 Å². The van der Waals surface area contributed by atoms with Gasteiger partial charge >= 0.3 is 0 Å². The fourth-order valence-corrected chi connectivity index (χ4v) is 2.38. The molecule has 0 aromatic carbocycles. The summed E-state index contributed by atoms with van der Waals surface area (Å²) in [5.41, 5.74) is 1.07. The molecule has 0 fully saturated rings. The number of pyridine rings is 1. The van der Waals surface area contributed by atoms with Crippen LogP contribution in [0.5, 0.6) is 0 Å². The second-order valence-corrected chi connectivity index (χ2v) is 5.24. The fourth-order valence-electron chi connectivity index (χ4n) is 2.38. The lowest BCUT2D eigenvalue weighted by Crippen LogP contribution is -2.23. The number of hydrogen-bond donors (Lipinski definition) is 1. The first-order valence-corrected chi connectivity index (χ1v) is 7.72. The molecule has 21 heavy (non-hydrogen) atoms. The molecule has 0 bridgehead atoms. The Labute approximate surface area is 127 Å². The molecule has 0 aliphatic carbocycles. The molecule has 0 saturated carbocycles. The Hall–Kier alpha value is -1.97. The number of nitrogens with one attached hydrogen (secondary N) is 1. The second kappa shape index (κ2) is 7.72. The highest BCUT2D eigenvalue weighted by atomic mass is 16.3. The van der Waals surface area contributed by atoms with Crippen LogP contribution in [0.15, 0.2) is 41.1 Å². The Morgan fingerprint density at radius 1 is 1.24 bits per heavy atom. The van der Waals surface area contributed by atoms with Gasteiger partial charge in [0.15, 0.2) is 0 Å². The largest absolute Gasteiger partial charge is 0.469 e. The van der Waals surface area contributed by atoms with Gasteiger partial charge < -0.3 is 14.6 Å². The van der Waals surface area contributed by atoms with Crippen LogP contribution in [0, 0.1) is 0 Å². The molecule has 0 radical (unpaired) electrons. The van der Waals surface area contributed by atoms with Crippen molar-refractivity contribution in [1.82, 2.24) is 4.98 Å². The van der Waals surface area contributed by atoms with Crippen LogP contribution in [-0.2, 0) is 6.42 Å². The molecule has 0 spiro atoms. The normalized spacial score (nSPS) is 12.1. The van der Waals surface area contributed by atoms with E-state index in [0.717, 1.165) is 43.2 Å². The van der Waals surface area contributed by atoms with Crippen molar-refractivity contribution in [3.63, 3.8) is 0 Å². The van der Waals surface area contributed by atoms with E-state index in [0.29, 0.717) is 6.04 Å². The van der Waals surface area contributed by atoms with Crippen molar-refractivity contribution in [3.8, 4) is 0 Å². The third-order valence-corrected chi connectivity index (χ3v) is 3.65. The summed E-state index contributed by atoms with van der Waals surface area (Å²) >= 11 is 0. The van der Waals surface area contributed by atoms with Crippen molar-refractivity contribution in [2.24, 2.45) is 0 Å². The minimum atomic E-state index is 0.385. The average molecular weight is 287 g/mol. The van der Waals surface area contributed by atoms with E-state index < -0.39 is 0 Å². The summed E-state index contributed by atoms with van der Waals surface area (Å²) in [5.74, 6) is 2.08. The number of anilines is 2. The lowest BCUT2D eigenvalue weighted by molar-refractivity contribution is 0.495. The monoisotopic (exact) mass is 287 g/mol. The van der Waals surface area contributed by atoms with E-state index in [1.165, 1.54) is 0 Å². The molecule has 4 heteroatoms. The van der Waals surface area contributed by atoms with Crippen LogP contribution in [0.3, 0.4) is 0 Å². The number of aromatic nitrogens is 1. The molecule has 0 saturated heterocycles. The van der Waals surface area contributed by atoms with Crippen molar-refractivity contribution in [3.05, 3.63) is 42.5 Å². The van der Waals surface area contributed by atoms with E-state index in [1.807, 2.05) is 18.3 Å². The van der Waals surface area contributed by atoms with Gasteiger partial charge in [0.05, 0.1) is 18.1 Å². The number of aryl methyl sites for hydroxylation is 1. The highest BCUT2D eigenvalue weighted by Gasteiger charge is 2.06. The van der Waals surface area contributed by atoms with Gasteiger partial charge in [-0.05, 0) is 51.5 Å². The number of nitrogens with zero attached hydrogens (tertiary/aromatic N) is 2. The van der Waals surface area contributed by atoms with Gasteiger partial charge in [0.1, 0.15) is 11.6 Å². The molecule has 0 aliphatic rings. The van der Waals surface area contributed by atoms with Gasteiger partial charge in [-0.25, -0.2) is 4.98 Å². The number of hydrogen-bond acceptors (Lipinski definition) is 4. The Bertz CT molecular complexity index is 503. The van der Waals surface area contributed by atoms with E-state index in [4.69, 9.17) is 4.42 Å². The third-order valence-electron chi connectivity index (χ3n) is 3.65. The smallest absolute Gasteiger partial charge is 0.128 e. The zero-order chi connectivity index (χ0) is 15.1. The fraction of sp³-hybridized carbons (Fsp3) is 0.471. The molecular formula is C17H25N3O. The molecule has 4 nitrogen and oxygen atoms in total. The van der Waals surface area contributed by atoms with Crippen molar-refractivity contribution in [1.29, 1.82) is 0 Å². The lowest BCUT2D eigenvalue weighted by atomic mass is 10.1. The van der Waals surface area contributed by atoms with Crippen LogP contribution in [0.25, 0.3) is 0 Å². The summed E-state index contributed by atoms with van der Waals surface area (Å²) < 4.78 is 5.36. The summed E-state index contributed by atoms with van der Waals surface area (Å²) in [6.07, 6.45) is 5.62. The van der Waals surface area contributed by atoms with Gasteiger partial charge in [-0.15, -0.1) is 0 Å². The maximum absolute atomic E-state index is 5.36. The van der Waals surface area contributed by atoms with Gasteiger partial charge in [-0.2, -0.15) is 0 Å². The highest BCUT2D eigenvalue weighted by molar-refractivity contribution is 5.48. The molecular weight excluding hydrogens is 262 g/mol. The maximum Gasteiger partial charge on any atom is 0.128 e. The van der Waals surface area contributed by atoms with Crippen molar-refractivity contribution >= 4 is 11.5 Å². The van der Waals surface area contributed by atoms with E-state index >= 15 is 0 Å². The first-order valence-electron chi connectivity index (χ1n) is 7.72. The van der Waals surface area contributed by atoms with Crippen LogP contribution in [0.4, 0.5) is 11.5 Å². The van der Waals surface area contributed by atoms with Gasteiger partial charge in [-0.1, -0.05) is 0 Å². The molecule has 1 atom stereocenters. The van der Waals surface area contributed by atoms with E-state index in [9.17, 15) is 0 Å². The van der Waals surface area contributed by atoms with Crippen molar-refractivity contribution in [2.75, 3.05) is 23.3 Å². The second-order valence-electron chi connectivity index (χ2n) is 5.24. The first-order chi connectivity index (χ1) is 10.2. The van der Waals surface area contributed by atoms with Gasteiger partial charge in [0, 0.05) is 25.6 Å². The summed E-state index contributed by atoms with van der Waals surface area (Å²) in [6.45, 7) is 8.44. The Morgan fingerprint density at radius 2 is 2.05 bits per heavy atom. The lowest BCUT2D eigenvalue weighted by Gasteiger charge is -2.20. The van der Waals surface area contributed by atoms with Crippen LogP contribution in [-0.4, -0.2) is 24.1 Å². The van der Waals surface area contributed by atoms with Crippen LogP contribution in [0.1, 0.15) is 33.0 Å². The van der Waals surface area contributed by atoms with Crippen molar-refractivity contribution in [2.45, 2.75) is 39.7 Å². The molecule has 114 valence electrons. The van der Waals surface area contributed by atoms with E-state index in [2.05, 4.69) is 48.1 Å². The van der Waals surface area contributed by atoms with E-state index in [1.54, 1.807) is 6.26 Å². The minimum absolute atomic E-state index is 0.385. The maximum atomic E-state index is 5.36. The number of rotatable bonds is 8. The standard InChI is InChI=1S/C17H25N3O/c1-4-20(5-2)17-11-9-15(13-18-17)19-14(3)8-10-16-7-6-12-21-16/h6-7,9,11-14,19H,4-5,8,10H2,1-3H3. The zero-order valence-corrected chi connectivity index (χ0v) is 13.2. The topological polar surface area (TPSA) is 41.3 Å². The molecule has 1 unspecified atom stereocenters. The zero-order valence-electron chi connectivity index (χ0n) is 13.2. The number of furan rings is 1. The van der Waals surface area contributed by atoms with Gasteiger partial charge in [-0.3, -0.25) is 0 Å². The molecule has 2 aromatic heterocycles. The Balaban J connectivity index is 1.84. The Morgan fingerprint density at radius 3 is 2.62 bits per heavy atom. The predicted octanol–water partition coefficient (Wildman–Crippen LogP) is 3.95. The summed E-state index contributed by atoms with van der Waals surface area (Å²) in [6, 6.07) is 8.52. The minimum Gasteiger partial charge on any atom is -0.469 e. The SMILES string of the molecule is CCN(CC)c1ccc(NC(C)CCc2ccco2)cn1. The van der Waals surface area contributed by atoms with Crippen LogP contribution in [0.2, 0.25) is 0 Å². The molecule has 2 heterocycles. The molecule has 0 aliphatic heterocycles. The highest BCUT2D eigenvalue weighted by Crippen LogP contribution is 2.16. The molecule has 0 amide bonds. The molecule has 2 rings (SSSR count). The molecule has 1 N–H and O–H groups in total. The summed E-state index contributed by atoms with van der Waals surface area (Å²) in [7, 11) is 0. The Kier molecular flexibility index (Phi) is 5.67. The summed E-state index contributed by atoms with van der Waals surface area (Å²) in [5, 5.41) is 3.48. The van der Waals surface area contributed by atoms with Crippen molar-refractivity contribution < 1.29 is 4.42 Å². The average Bonchev–Trinajstić information content (AvgIpc) is 3.01. The first kappa shape index (κ1) is 15.4. The summed E-state index contributed by atoms with van der Waals surface area (Å²) in [4.78, 5) is 6.77. The van der Waals surface area contributed by atoms with Gasteiger partial charge in [0.2, 0.25) is 0 Å². The van der Waals surface area contributed by atoms with Crippen LogP contribution < -0.4 is 10.2 Å². The third kappa shape index (κ3) is 4.52.